The maximum Gasteiger partial charge on any atom is 0.573 e. The van der Waals surface area contributed by atoms with Crippen molar-refractivity contribution in [2.45, 2.75) is 37.4 Å². The molecule has 2 aromatic rings. The lowest BCUT2D eigenvalue weighted by atomic mass is 9.92. The highest BCUT2D eigenvalue weighted by atomic mass is 32.2. The molecule has 25 heavy (non-hydrogen) atoms. The molecule has 6 nitrogen and oxygen atoms in total. The number of hydrogen-bond acceptors (Lipinski definition) is 4. The van der Waals surface area contributed by atoms with Crippen LogP contribution in [0.5, 0.6) is 5.75 Å². The molecule has 2 rings (SSSR count). The molecule has 1 aromatic heterocycles. The number of anilines is 1. The Labute approximate surface area is 143 Å². The van der Waals surface area contributed by atoms with Crippen molar-refractivity contribution < 1.29 is 26.3 Å². The van der Waals surface area contributed by atoms with Gasteiger partial charge in [0.1, 0.15) is 10.6 Å². The molecule has 138 valence electrons. The first-order chi connectivity index (χ1) is 11.3. The van der Waals surface area contributed by atoms with Gasteiger partial charge in [-0.3, -0.25) is 9.40 Å². The molecule has 0 amide bonds. The summed E-state index contributed by atoms with van der Waals surface area (Å²) >= 11 is 0. The summed E-state index contributed by atoms with van der Waals surface area (Å²) in [5.74, 6) is -0.438. The van der Waals surface area contributed by atoms with Gasteiger partial charge in [0.15, 0.2) is 0 Å². The molecule has 0 bridgehead atoms. The van der Waals surface area contributed by atoms with Crippen LogP contribution in [0, 0.1) is 0 Å². The van der Waals surface area contributed by atoms with Crippen molar-refractivity contribution in [1.82, 2.24) is 9.78 Å². The van der Waals surface area contributed by atoms with Crippen molar-refractivity contribution in [1.29, 1.82) is 0 Å². The highest BCUT2D eigenvalue weighted by molar-refractivity contribution is 7.92. The molecule has 1 N–H and O–H groups in total. The number of aromatic nitrogens is 2. The minimum Gasteiger partial charge on any atom is -0.406 e. The van der Waals surface area contributed by atoms with E-state index in [4.69, 9.17) is 0 Å². The molecule has 0 saturated carbocycles. The van der Waals surface area contributed by atoms with Crippen molar-refractivity contribution in [3.05, 3.63) is 36.2 Å². The Morgan fingerprint density at radius 1 is 1.12 bits per heavy atom. The van der Waals surface area contributed by atoms with Gasteiger partial charge >= 0.3 is 6.36 Å². The third-order valence-corrected chi connectivity index (χ3v) is 4.52. The Morgan fingerprint density at radius 2 is 1.68 bits per heavy atom. The van der Waals surface area contributed by atoms with E-state index < -0.39 is 27.6 Å². The standard InChI is InChI=1S/C15H18F3N3O3S/c1-14(2,3)13-12(9-21(4)19-13)25(22,23)20-10-5-7-11(8-6-10)24-15(16,17)18/h5-9,20H,1-4H3. The van der Waals surface area contributed by atoms with Gasteiger partial charge in [-0.2, -0.15) is 5.10 Å². The molecule has 0 unspecified atom stereocenters. The van der Waals surface area contributed by atoms with Crippen LogP contribution in [0.4, 0.5) is 18.9 Å². The highest BCUT2D eigenvalue weighted by Gasteiger charge is 2.31. The van der Waals surface area contributed by atoms with Crippen LogP contribution in [-0.2, 0) is 22.5 Å². The van der Waals surface area contributed by atoms with E-state index in [9.17, 15) is 21.6 Å². The predicted octanol–water partition coefficient (Wildman–Crippen LogP) is 3.42. The van der Waals surface area contributed by atoms with E-state index in [1.165, 1.54) is 23.0 Å². The number of halogens is 3. The molecule has 0 spiro atoms. The number of sulfonamides is 1. The molecule has 0 aliphatic rings. The fraction of sp³-hybridized carbons (Fsp3) is 0.400. The lowest BCUT2D eigenvalue weighted by molar-refractivity contribution is -0.274. The molecular formula is C15H18F3N3O3S. The quantitative estimate of drug-likeness (QED) is 0.886. The van der Waals surface area contributed by atoms with E-state index in [2.05, 4.69) is 14.6 Å². The summed E-state index contributed by atoms with van der Waals surface area (Å²) in [7, 11) is -2.34. The average molecular weight is 377 g/mol. The SMILES string of the molecule is Cn1cc(S(=O)(=O)Nc2ccc(OC(F)(F)F)cc2)c(C(C)(C)C)n1. The van der Waals surface area contributed by atoms with Gasteiger partial charge in [-0.1, -0.05) is 20.8 Å². The van der Waals surface area contributed by atoms with Gasteiger partial charge < -0.3 is 4.74 Å². The second kappa shape index (κ2) is 6.25. The maximum atomic E-state index is 12.6. The second-order valence-corrected chi connectivity index (χ2v) is 8.09. The first-order valence-corrected chi connectivity index (χ1v) is 8.69. The van der Waals surface area contributed by atoms with Crippen molar-refractivity contribution >= 4 is 15.7 Å². The maximum absolute atomic E-state index is 12.6. The number of nitrogens with zero attached hydrogens (tertiary/aromatic N) is 2. The highest BCUT2D eigenvalue weighted by Crippen LogP contribution is 2.29. The monoisotopic (exact) mass is 377 g/mol. The lowest BCUT2D eigenvalue weighted by Gasteiger charge is -2.18. The molecule has 0 aliphatic carbocycles. The van der Waals surface area contributed by atoms with Crippen molar-refractivity contribution in [3.8, 4) is 5.75 Å². The van der Waals surface area contributed by atoms with Crippen molar-refractivity contribution in [3.63, 3.8) is 0 Å². The van der Waals surface area contributed by atoms with E-state index in [1.807, 2.05) is 20.8 Å². The number of aryl methyl sites for hydroxylation is 1. The third-order valence-electron chi connectivity index (χ3n) is 3.14. The Morgan fingerprint density at radius 3 is 2.16 bits per heavy atom. The van der Waals surface area contributed by atoms with Crippen LogP contribution in [-0.4, -0.2) is 24.6 Å². The van der Waals surface area contributed by atoms with Crippen molar-refractivity contribution in [2.75, 3.05) is 4.72 Å². The van der Waals surface area contributed by atoms with Gasteiger partial charge in [0.05, 0.1) is 5.69 Å². The zero-order valence-corrected chi connectivity index (χ0v) is 14.9. The molecule has 10 heteroatoms. The summed E-state index contributed by atoms with van der Waals surface area (Å²) in [6.07, 6.45) is -3.43. The van der Waals surface area contributed by atoms with Gasteiger partial charge in [-0.15, -0.1) is 13.2 Å². The first-order valence-electron chi connectivity index (χ1n) is 7.21. The van der Waals surface area contributed by atoms with Crippen LogP contribution in [0.2, 0.25) is 0 Å². The minimum absolute atomic E-state index is 0.0121. The van der Waals surface area contributed by atoms with Crippen LogP contribution < -0.4 is 9.46 Å². The molecule has 0 saturated heterocycles. The van der Waals surface area contributed by atoms with E-state index >= 15 is 0 Å². The van der Waals surface area contributed by atoms with Gasteiger partial charge in [0.2, 0.25) is 0 Å². The summed E-state index contributed by atoms with van der Waals surface area (Å²) in [4.78, 5) is 0.0121. The van der Waals surface area contributed by atoms with Crippen molar-refractivity contribution in [2.24, 2.45) is 7.05 Å². The lowest BCUT2D eigenvalue weighted by Crippen LogP contribution is -2.20. The Hall–Kier alpha value is -2.23. The number of ether oxygens (including phenoxy) is 1. The summed E-state index contributed by atoms with van der Waals surface area (Å²) in [6, 6.07) is 4.43. The van der Waals surface area contributed by atoms with Crippen LogP contribution in [0.15, 0.2) is 35.4 Å². The summed E-state index contributed by atoms with van der Waals surface area (Å²) in [6.45, 7) is 5.49. The van der Waals surface area contributed by atoms with E-state index in [0.29, 0.717) is 5.69 Å². The summed E-state index contributed by atoms with van der Waals surface area (Å²) in [5.41, 5.74) is -0.00629. The molecular weight excluding hydrogens is 359 g/mol. The van der Waals surface area contributed by atoms with Gasteiger partial charge in [0.25, 0.3) is 10.0 Å². The average Bonchev–Trinajstić information content (AvgIpc) is 2.82. The van der Waals surface area contributed by atoms with E-state index in [0.717, 1.165) is 12.1 Å². The number of nitrogens with one attached hydrogen (secondary N) is 1. The zero-order valence-electron chi connectivity index (χ0n) is 14.0. The fourth-order valence-electron chi connectivity index (χ4n) is 2.12. The second-order valence-electron chi connectivity index (χ2n) is 6.44. The Balaban J connectivity index is 2.28. The van der Waals surface area contributed by atoms with Gasteiger partial charge in [-0.05, 0) is 24.3 Å². The molecule has 0 fully saturated rings. The van der Waals surface area contributed by atoms with Gasteiger partial charge in [0, 0.05) is 24.3 Å². The Bertz CT molecular complexity index is 851. The van der Waals surface area contributed by atoms with E-state index in [1.54, 1.807) is 7.05 Å². The number of rotatable bonds is 4. The van der Waals surface area contributed by atoms with Gasteiger partial charge in [-0.25, -0.2) is 8.42 Å². The largest absolute Gasteiger partial charge is 0.573 e. The van der Waals surface area contributed by atoms with Crippen LogP contribution >= 0.6 is 0 Å². The zero-order chi connectivity index (χ0) is 19.0. The molecule has 0 atom stereocenters. The third kappa shape index (κ3) is 4.88. The van der Waals surface area contributed by atoms with Crippen LogP contribution in [0.1, 0.15) is 26.5 Å². The Kier molecular flexibility index (Phi) is 4.77. The number of alkyl halides is 3. The number of hydrogen-bond donors (Lipinski definition) is 1. The smallest absolute Gasteiger partial charge is 0.406 e. The summed E-state index contributed by atoms with van der Waals surface area (Å²) < 4.78 is 69.2. The van der Waals surface area contributed by atoms with Crippen LogP contribution in [0.25, 0.3) is 0 Å². The fourth-order valence-corrected chi connectivity index (χ4v) is 3.57. The van der Waals surface area contributed by atoms with E-state index in [-0.39, 0.29) is 10.6 Å². The topological polar surface area (TPSA) is 73.2 Å². The molecule has 0 radical (unpaired) electrons. The molecule has 0 aliphatic heterocycles. The minimum atomic E-state index is -4.81. The van der Waals surface area contributed by atoms with Crippen LogP contribution in [0.3, 0.4) is 0 Å². The molecule has 1 heterocycles. The predicted molar refractivity (Wildman–Crippen MR) is 85.8 cm³/mol. The number of benzene rings is 1. The normalized spacial score (nSPS) is 12.9. The molecule has 1 aromatic carbocycles. The summed E-state index contributed by atoms with van der Waals surface area (Å²) in [5, 5.41) is 4.20. The first kappa shape index (κ1) is 19.1.